The molecule has 0 aromatic heterocycles. The lowest BCUT2D eigenvalue weighted by Crippen LogP contribution is -2.25. The van der Waals surface area contributed by atoms with Gasteiger partial charge in [0.1, 0.15) is 11.5 Å². The molecule has 0 amide bonds. The Kier molecular flexibility index (Phi) is 6.55. The molecule has 2 aromatic carbocycles. The number of carbonyl (C=O) groups is 2. The van der Waals surface area contributed by atoms with Crippen molar-refractivity contribution in [2.24, 2.45) is 0 Å². The van der Waals surface area contributed by atoms with Crippen molar-refractivity contribution >= 4 is 11.9 Å². The minimum atomic E-state index is -1.03. The summed E-state index contributed by atoms with van der Waals surface area (Å²) in [5.74, 6) is -1.41. The maximum Gasteiger partial charge on any atom is 0.423 e. The van der Waals surface area contributed by atoms with Crippen LogP contribution in [0.15, 0.2) is 48.5 Å². The highest BCUT2D eigenvalue weighted by Gasteiger charge is 2.19. The van der Waals surface area contributed by atoms with E-state index in [0.29, 0.717) is 11.5 Å². The molecule has 0 spiro atoms. The lowest BCUT2D eigenvalue weighted by molar-refractivity contribution is -0.156. The van der Waals surface area contributed by atoms with E-state index in [4.69, 9.17) is 9.47 Å². The lowest BCUT2D eigenvalue weighted by atomic mass is 10.1. The molecule has 0 bridgehead atoms. The van der Waals surface area contributed by atoms with Crippen molar-refractivity contribution in [3.8, 4) is 11.5 Å². The van der Waals surface area contributed by atoms with Gasteiger partial charge in [0.25, 0.3) is 0 Å². The fraction of sp³-hybridized carbons (Fsp3) is 0.300. The number of rotatable bonds is 6. The Labute approximate surface area is 142 Å². The van der Waals surface area contributed by atoms with Crippen LogP contribution < -0.4 is 9.47 Å². The van der Waals surface area contributed by atoms with E-state index < -0.39 is 11.9 Å². The molecule has 0 aliphatic heterocycles. The highest BCUT2D eigenvalue weighted by atomic mass is 16.6. The normalized spacial score (nSPS) is 10.2. The zero-order chi connectivity index (χ0) is 17.4. The van der Waals surface area contributed by atoms with E-state index in [1.807, 2.05) is 24.3 Å². The fourth-order valence-electron chi connectivity index (χ4n) is 2.32. The van der Waals surface area contributed by atoms with Crippen LogP contribution in [0.5, 0.6) is 11.5 Å². The summed E-state index contributed by atoms with van der Waals surface area (Å²) in [6.45, 7) is 4.19. The maximum atomic E-state index is 11.8. The van der Waals surface area contributed by atoms with Crippen LogP contribution in [0.1, 0.15) is 37.8 Å². The van der Waals surface area contributed by atoms with Crippen LogP contribution in [0.25, 0.3) is 0 Å². The summed E-state index contributed by atoms with van der Waals surface area (Å²) in [7, 11) is 0. The van der Waals surface area contributed by atoms with Crippen LogP contribution in [-0.4, -0.2) is 11.9 Å². The SMILES string of the molecule is CCCc1ccc(OC(=O)C(=O)Oc2ccc(CCC)cc2)cc1. The molecule has 2 rings (SSSR count). The zero-order valence-corrected chi connectivity index (χ0v) is 14.1. The summed E-state index contributed by atoms with van der Waals surface area (Å²) < 4.78 is 10.1. The number of esters is 2. The second kappa shape index (κ2) is 8.87. The third-order valence-corrected chi connectivity index (χ3v) is 3.51. The second-order valence-electron chi connectivity index (χ2n) is 5.57. The topological polar surface area (TPSA) is 52.6 Å². The standard InChI is InChI=1S/C20H22O4/c1-3-5-15-7-11-17(12-8-15)23-19(21)20(22)24-18-13-9-16(6-4-2)10-14-18/h7-14H,3-6H2,1-2H3. The van der Waals surface area contributed by atoms with E-state index in [1.165, 1.54) is 0 Å². The molecular weight excluding hydrogens is 304 g/mol. The summed E-state index contributed by atoms with van der Waals surface area (Å²) >= 11 is 0. The monoisotopic (exact) mass is 326 g/mol. The van der Waals surface area contributed by atoms with Gasteiger partial charge in [0.2, 0.25) is 0 Å². The number of ether oxygens (including phenoxy) is 2. The van der Waals surface area contributed by atoms with E-state index in [-0.39, 0.29) is 0 Å². The first kappa shape index (κ1) is 17.7. The largest absolute Gasteiger partial charge is 0.423 e. The van der Waals surface area contributed by atoms with Crippen LogP contribution in [0.3, 0.4) is 0 Å². The molecular formula is C20H22O4. The Hall–Kier alpha value is -2.62. The summed E-state index contributed by atoms with van der Waals surface area (Å²) in [5, 5.41) is 0. The predicted molar refractivity (Wildman–Crippen MR) is 92.1 cm³/mol. The second-order valence-corrected chi connectivity index (χ2v) is 5.57. The molecule has 126 valence electrons. The fourth-order valence-corrected chi connectivity index (χ4v) is 2.32. The van der Waals surface area contributed by atoms with Gasteiger partial charge in [-0.05, 0) is 48.2 Å². The van der Waals surface area contributed by atoms with Crippen molar-refractivity contribution in [2.75, 3.05) is 0 Å². The van der Waals surface area contributed by atoms with E-state index in [2.05, 4.69) is 13.8 Å². The van der Waals surface area contributed by atoms with Gasteiger partial charge in [-0.1, -0.05) is 51.0 Å². The Morgan fingerprint density at radius 2 is 1.00 bits per heavy atom. The van der Waals surface area contributed by atoms with Crippen molar-refractivity contribution in [1.29, 1.82) is 0 Å². The molecule has 0 atom stereocenters. The van der Waals surface area contributed by atoms with E-state index >= 15 is 0 Å². The van der Waals surface area contributed by atoms with E-state index in [0.717, 1.165) is 36.8 Å². The van der Waals surface area contributed by atoms with Gasteiger partial charge in [0.05, 0.1) is 0 Å². The van der Waals surface area contributed by atoms with Gasteiger partial charge >= 0.3 is 11.9 Å². The van der Waals surface area contributed by atoms with Crippen molar-refractivity contribution in [1.82, 2.24) is 0 Å². The third kappa shape index (κ3) is 5.23. The summed E-state index contributed by atoms with van der Waals surface area (Å²) in [5.41, 5.74) is 2.32. The van der Waals surface area contributed by atoms with Crippen LogP contribution in [0.2, 0.25) is 0 Å². The Morgan fingerprint density at radius 1 is 0.667 bits per heavy atom. The highest BCUT2D eigenvalue weighted by molar-refractivity contribution is 6.31. The quantitative estimate of drug-likeness (QED) is 0.455. The maximum absolute atomic E-state index is 11.8. The number of hydrogen-bond acceptors (Lipinski definition) is 4. The smallest absolute Gasteiger partial charge is 0.418 e. The predicted octanol–water partition coefficient (Wildman–Crippen LogP) is 4.10. The van der Waals surface area contributed by atoms with Crippen LogP contribution >= 0.6 is 0 Å². The Balaban J connectivity index is 1.90. The lowest BCUT2D eigenvalue weighted by Gasteiger charge is -2.06. The Bertz CT molecular complexity index is 610. The minimum absolute atomic E-state index is 0.329. The van der Waals surface area contributed by atoms with Crippen LogP contribution in [0.4, 0.5) is 0 Å². The van der Waals surface area contributed by atoms with Gasteiger partial charge in [-0.3, -0.25) is 0 Å². The van der Waals surface area contributed by atoms with Gasteiger partial charge < -0.3 is 9.47 Å². The molecule has 4 nitrogen and oxygen atoms in total. The first-order valence-electron chi connectivity index (χ1n) is 8.24. The molecule has 0 saturated carbocycles. The summed E-state index contributed by atoms with van der Waals surface area (Å²) in [6.07, 6.45) is 4.01. The molecule has 0 saturated heterocycles. The first-order valence-corrected chi connectivity index (χ1v) is 8.24. The van der Waals surface area contributed by atoms with Gasteiger partial charge in [-0.15, -0.1) is 0 Å². The van der Waals surface area contributed by atoms with Crippen LogP contribution in [-0.2, 0) is 22.4 Å². The van der Waals surface area contributed by atoms with Crippen LogP contribution in [0, 0.1) is 0 Å². The molecule has 0 unspecified atom stereocenters. The van der Waals surface area contributed by atoms with Gasteiger partial charge in [-0.25, -0.2) is 9.59 Å². The van der Waals surface area contributed by atoms with Crippen molar-refractivity contribution in [2.45, 2.75) is 39.5 Å². The Morgan fingerprint density at radius 3 is 1.29 bits per heavy atom. The van der Waals surface area contributed by atoms with Crippen molar-refractivity contribution < 1.29 is 19.1 Å². The summed E-state index contributed by atoms with van der Waals surface area (Å²) in [4.78, 5) is 23.6. The molecule has 4 heteroatoms. The molecule has 0 N–H and O–H groups in total. The van der Waals surface area contributed by atoms with Gasteiger partial charge in [-0.2, -0.15) is 0 Å². The number of benzene rings is 2. The van der Waals surface area contributed by atoms with E-state index in [1.54, 1.807) is 24.3 Å². The first-order chi connectivity index (χ1) is 11.6. The van der Waals surface area contributed by atoms with Gasteiger partial charge in [0.15, 0.2) is 0 Å². The zero-order valence-electron chi connectivity index (χ0n) is 14.1. The molecule has 0 aliphatic rings. The molecule has 0 aliphatic carbocycles. The number of hydrogen-bond donors (Lipinski definition) is 0. The third-order valence-electron chi connectivity index (χ3n) is 3.51. The molecule has 0 heterocycles. The number of carbonyl (C=O) groups excluding carboxylic acids is 2. The molecule has 0 radical (unpaired) electrons. The van der Waals surface area contributed by atoms with Crippen molar-refractivity contribution in [3.05, 3.63) is 59.7 Å². The minimum Gasteiger partial charge on any atom is -0.418 e. The molecule has 2 aromatic rings. The number of aryl methyl sites for hydroxylation is 2. The van der Waals surface area contributed by atoms with Gasteiger partial charge in [0, 0.05) is 0 Å². The highest BCUT2D eigenvalue weighted by Crippen LogP contribution is 2.16. The molecule has 0 fully saturated rings. The summed E-state index contributed by atoms with van der Waals surface area (Å²) in [6, 6.07) is 14.2. The average molecular weight is 326 g/mol. The van der Waals surface area contributed by atoms with E-state index in [9.17, 15) is 9.59 Å². The van der Waals surface area contributed by atoms with Crippen molar-refractivity contribution in [3.63, 3.8) is 0 Å². The average Bonchev–Trinajstić information content (AvgIpc) is 2.59. The molecule has 24 heavy (non-hydrogen) atoms.